The van der Waals surface area contributed by atoms with Gasteiger partial charge in [0.1, 0.15) is 6.07 Å². The molecule has 3 rings (SSSR count). The molecule has 0 saturated heterocycles. The quantitative estimate of drug-likeness (QED) is 0.682. The smallest absolute Gasteiger partial charge is 0.100 e. The van der Waals surface area contributed by atoms with Crippen LogP contribution in [0.15, 0.2) is 58.6 Å². The van der Waals surface area contributed by atoms with Crippen LogP contribution in [0.25, 0.3) is 11.6 Å². The number of rotatable bonds is 2. The van der Waals surface area contributed by atoms with Gasteiger partial charge in [0.2, 0.25) is 0 Å². The van der Waals surface area contributed by atoms with Crippen molar-refractivity contribution in [3.05, 3.63) is 80.3 Å². The summed E-state index contributed by atoms with van der Waals surface area (Å²) in [5, 5.41) is 10.1. The van der Waals surface area contributed by atoms with E-state index in [1.54, 1.807) is 0 Å². The van der Waals surface area contributed by atoms with Gasteiger partial charge >= 0.3 is 0 Å². The van der Waals surface area contributed by atoms with E-state index in [9.17, 15) is 5.26 Å². The Morgan fingerprint density at radius 2 is 1.86 bits per heavy atom. The zero-order chi connectivity index (χ0) is 14.8. The zero-order valence-corrected chi connectivity index (χ0v) is 13.4. The minimum Gasteiger partial charge on any atom is -0.192 e. The number of hydrogen-bond donors (Lipinski definition) is 0. The minimum absolute atomic E-state index is 0.724. The van der Waals surface area contributed by atoms with Crippen molar-refractivity contribution in [1.29, 1.82) is 5.26 Å². The summed E-state index contributed by atoms with van der Waals surface area (Å²) in [7, 11) is 0. The first kappa shape index (κ1) is 14.1. The molecule has 21 heavy (non-hydrogen) atoms. The number of halogens is 2. The van der Waals surface area contributed by atoms with E-state index in [1.165, 1.54) is 5.56 Å². The lowest BCUT2D eigenvalue weighted by molar-refractivity contribution is 1.24. The van der Waals surface area contributed by atoms with Crippen LogP contribution in [-0.2, 0) is 6.42 Å². The summed E-state index contributed by atoms with van der Waals surface area (Å²) in [4.78, 5) is 0. The molecule has 102 valence electrons. The van der Waals surface area contributed by atoms with Crippen LogP contribution in [0.5, 0.6) is 0 Å². The Balaban J connectivity index is 1.93. The van der Waals surface area contributed by atoms with Gasteiger partial charge in [-0.3, -0.25) is 0 Å². The molecular weight excluding hydrogens is 346 g/mol. The second-order valence-electron chi connectivity index (χ2n) is 4.88. The fourth-order valence-corrected chi connectivity index (χ4v) is 3.00. The Labute approximate surface area is 137 Å². The molecule has 0 unspecified atom stereocenters. The molecule has 0 amide bonds. The van der Waals surface area contributed by atoms with E-state index in [4.69, 9.17) is 11.6 Å². The van der Waals surface area contributed by atoms with Crippen molar-refractivity contribution in [3.8, 4) is 6.07 Å². The highest BCUT2D eigenvalue weighted by atomic mass is 79.9. The van der Waals surface area contributed by atoms with E-state index in [2.05, 4.69) is 28.1 Å². The number of fused-ring (bicyclic) bond motifs is 1. The third-order valence-electron chi connectivity index (χ3n) is 3.50. The molecule has 1 nitrogen and oxygen atoms in total. The summed E-state index contributed by atoms with van der Waals surface area (Å²) >= 11 is 9.36. The van der Waals surface area contributed by atoms with Crippen LogP contribution in [0.3, 0.4) is 0 Å². The average molecular weight is 357 g/mol. The number of nitrogens with zero attached hydrogens (tertiary/aromatic N) is 1. The van der Waals surface area contributed by atoms with Gasteiger partial charge in [0.15, 0.2) is 0 Å². The third-order valence-corrected chi connectivity index (χ3v) is 4.24. The first-order valence-electron chi connectivity index (χ1n) is 6.53. The lowest BCUT2D eigenvalue weighted by atomic mass is 10.1. The largest absolute Gasteiger partial charge is 0.192 e. The molecule has 0 saturated carbocycles. The van der Waals surface area contributed by atoms with Crippen molar-refractivity contribution in [1.82, 2.24) is 0 Å². The fraction of sp³-hybridized carbons (Fsp3) is 0.0556. The maximum atomic E-state index is 9.42. The number of allylic oxidation sites excluding steroid dienone is 3. The van der Waals surface area contributed by atoms with Gasteiger partial charge in [-0.05, 0) is 52.9 Å². The Bertz CT molecular complexity index is 795. The van der Waals surface area contributed by atoms with Gasteiger partial charge in [0.25, 0.3) is 0 Å². The van der Waals surface area contributed by atoms with Crippen molar-refractivity contribution < 1.29 is 0 Å². The molecule has 0 N–H and O–H groups in total. The number of benzene rings is 2. The van der Waals surface area contributed by atoms with Crippen molar-refractivity contribution in [2.75, 3.05) is 0 Å². The van der Waals surface area contributed by atoms with Crippen molar-refractivity contribution in [2.45, 2.75) is 6.42 Å². The van der Waals surface area contributed by atoms with Crippen LogP contribution in [0.4, 0.5) is 0 Å². The van der Waals surface area contributed by atoms with Crippen LogP contribution >= 0.6 is 27.5 Å². The van der Waals surface area contributed by atoms with Gasteiger partial charge in [-0.25, -0.2) is 0 Å². The molecule has 0 bridgehead atoms. The van der Waals surface area contributed by atoms with Gasteiger partial charge in [0.05, 0.1) is 5.57 Å². The Hall–Kier alpha value is -1.82. The van der Waals surface area contributed by atoms with Crippen LogP contribution in [0.1, 0.15) is 16.7 Å². The highest BCUT2D eigenvalue weighted by molar-refractivity contribution is 9.10. The van der Waals surface area contributed by atoms with Crippen LogP contribution in [-0.4, -0.2) is 0 Å². The molecule has 0 spiro atoms. The van der Waals surface area contributed by atoms with Crippen LogP contribution < -0.4 is 0 Å². The van der Waals surface area contributed by atoms with Crippen molar-refractivity contribution >= 4 is 39.2 Å². The van der Waals surface area contributed by atoms with E-state index in [0.717, 1.165) is 38.2 Å². The van der Waals surface area contributed by atoms with Gasteiger partial charge in [-0.1, -0.05) is 57.9 Å². The molecule has 1 aliphatic carbocycles. The molecule has 0 aromatic heterocycles. The lowest BCUT2D eigenvalue weighted by Gasteiger charge is -1.98. The molecule has 0 fully saturated rings. The second-order valence-corrected chi connectivity index (χ2v) is 6.23. The maximum absolute atomic E-state index is 9.42. The standard InChI is InChI=1S/C18H11BrClN/c19-15-5-8-17-14(10-15)9-13(18(17)11-21)4-1-12-2-6-16(20)7-3-12/h1-8,10H,9H2/b4-1+. The van der Waals surface area contributed by atoms with E-state index >= 15 is 0 Å². The van der Waals surface area contributed by atoms with Gasteiger partial charge < -0.3 is 0 Å². The summed E-state index contributed by atoms with van der Waals surface area (Å²) in [5.74, 6) is 0. The SMILES string of the molecule is N#CC1=C(/C=C/c2ccc(Cl)cc2)Cc2cc(Br)ccc21. The molecule has 0 atom stereocenters. The first-order chi connectivity index (χ1) is 10.2. The Morgan fingerprint density at radius 1 is 1.10 bits per heavy atom. The summed E-state index contributed by atoms with van der Waals surface area (Å²) in [6, 6.07) is 16.0. The minimum atomic E-state index is 0.724. The summed E-state index contributed by atoms with van der Waals surface area (Å²) in [6.07, 6.45) is 4.83. The summed E-state index contributed by atoms with van der Waals surface area (Å²) in [5.41, 5.74) is 5.12. The average Bonchev–Trinajstić information content (AvgIpc) is 2.83. The molecule has 0 radical (unpaired) electrons. The highest BCUT2D eigenvalue weighted by Crippen LogP contribution is 2.35. The molecular formula is C18H11BrClN. The van der Waals surface area contributed by atoms with E-state index in [0.29, 0.717) is 0 Å². The Kier molecular flexibility index (Phi) is 3.96. The monoisotopic (exact) mass is 355 g/mol. The maximum Gasteiger partial charge on any atom is 0.100 e. The van der Waals surface area contributed by atoms with Gasteiger partial charge in [-0.15, -0.1) is 0 Å². The highest BCUT2D eigenvalue weighted by Gasteiger charge is 2.19. The number of hydrogen-bond acceptors (Lipinski definition) is 1. The lowest BCUT2D eigenvalue weighted by Crippen LogP contribution is -1.82. The van der Waals surface area contributed by atoms with E-state index in [-0.39, 0.29) is 0 Å². The molecule has 3 heteroatoms. The molecule has 0 heterocycles. The zero-order valence-electron chi connectivity index (χ0n) is 11.1. The van der Waals surface area contributed by atoms with Crippen LogP contribution in [0, 0.1) is 11.3 Å². The number of nitriles is 1. The Morgan fingerprint density at radius 3 is 2.57 bits per heavy atom. The second kappa shape index (κ2) is 5.89. The van der Waals surface area contributed by atoms with E-state index in [1.807, 2.05) is 48.6 Å². The van der Waals surface area contributed by atoms with Crippen molar-refractivity contribution in [2.24, 2.45) is 0 Å². The third kappa shape index (κ3) is 2.95. The van der Waals surface area contributed by atoms with Gasteiger partial charge in [-0.2, -0.15) is 5.26 Å². The van der Waals surface area contributed by atoms with Gasteiger partial charge in [0, 0.05) is 9.50 Å². The topological polar surface area (TPSA) is 23.8 Å². The molecule has 2 aromatic carbocycles. The predicted molar refractivity (Wildman–Crippen MR) is 90.9 cm³/mol. The van der Waals surface area contributed by atoms with E-state index < -0.39 is 0 Å². The molecule has 0 aliphatic heterocycles. The molecule has 1 aliphatic rings. The normalized spacial score (nSPS) is 13.6. The summed E-state index contributed by atoms with van der Waals surface area (Å²) in [6.45, 7) is 0. The predicted octanol–water partition coefficient (Wildman–Crippen LogP) is 5.65. The van der Waals surface area contributed by atoms with Crippen LogP contribution in [0.2, 0.25) is 5.02 Å². The molecule has 2 aromatic rings. The van der Waals surface area contributed by atoms with Crippen molar-refractivity contribution in [3.63, 3.8) is 0 Å². The fourth-order valence-electron chi connectivity index (χ4n) is 2.46. The summed E-state index contributed by atoms with van der Waals surface area (Å²) < 4.78 is 1.04. The first-order valence-corrected chi connectivity index (χ1v) is 7.70.